The topological polar surface area (TPSA) is 103 Å². The summed E-state index contributed by atoms with van der Waals surface area (Å²) in [6.07, 6.45) is 8.02. The molecule has 37 heavy (non-hydrogen) atoms. The Labute approximate surface area is 218 Å². The lowest BCUT2D eigenvalue weighted by Gasteiger charge is -2.38. The molecule has 1 amide bonds. The molecule has 0 radical (unpaired) electrons. The molecule has 0 saturated carbocycles. The number of fused-ring (bicyclic) bond motifs is 1. The minimum absolute atomic E-state index is 0.0502. The molecule has 0 saturated heterocycles. The molecule has 1 aromatic heterocycles. The number of ether oxygens (including phenoxy) is 1. The van der Waals surface area contributed by atoms with Crippen LogP contribution in [0.2, 0.25) is 0 Å². The molecule has 1 aromatic carbocycles. The van der Waals surface area contributed by atoms with Crippen LogP contribution in [0.5, 0.6) is 5.88 Å². The number of amides is 1. The zero-order chi connectivity index (χ0) is 26.5. The largest absolute Gasteiger partial charge is 0.478 e. The van der Waals surface area contributed by atoms with Crippen molar-refractivity contribution >= 4 is 17.4 Å². The number of nitrogens with zero attached hydrogens (tertiary/aromatic N) is 3. The lowest BCUT2D eigenvalue weighted by Crippen LogP contribution is -2.50. The average Bonchev–Trinajstić information content (AvgIpc) is 2.90. The first-order valence-electron chi connectivity index (χ1n) is 13.1. The van der Waals surface area contributed by atoms with Crippen molar-refractivity contribution in [1.29, 1.82) is 0 Å². The zero-order valence-electron chi connectivity index (χ0n) is 21.9. The van der Waals surface area contributed by atoms with E-state index in [2.05, 4.69) is 11.1 Å². The van der Waals surface area contributed by atoms with E-state index in [1.165, 1.54) is 12.0 Å². The Morgan fingerprint density at radius 2 is 2.08 bits per heavy atom. The van der Waals surface area contributed by atoms with Crippen LogP contribution in [0.15, 0.2) is 42.6 Å². The van der Waals surface area contributed by atoms with Crippen molar-refractivity contribution < 1.29 is 24.5 Å². The number of carbonyl (C=O) groups excluding carboxylic acids is 1. The lowest BCUT2D eigenvalue weighted by atomic mass is 9.93. The number of aromatic carboxylic acids is 1. The van der Waals surface area contributed by atoms with Crippen LogP contribution in [-0.2, 0) is 6.54 Å². The number of pyridine rings is 1. The summed E-state index contributed by atoms with van der Waals surface area (Å²) in [6, 6.07) is 8.53. The maximum absolute atomic E-state index is 13.7. The van der Waals surface area contributed by atoms with Crippen LogP contribution in [0.3, 0.4) is 0 Å². The highest BCUT2D eigenvalue weighted by Gasteiger charge is 2.34. The van der Waals surface area contributed by atoms with Crippen LogP contribution in [0.25, 0.3) is 5.57 Å². The van der Waals surface area contributed by atoms with Gasteiger partial charge in [-0.2, -0.15) is 0 Å². The van der Waals surface area contributed by atoms with Gasteiger partial charge in [-0.05, 0) is 68.5 Å². The smallest absolute Gasteiger partial charge is 0.336 e. The van der Waals surface area contributed by atoms with E-state index in [-0.39, 0.29) is 36.1 Å². The first-order valence-corrected chi connectivity index (χ1v) is 13.1. The van der Waals surface area contributed by atoms with E-state index in [4.69, 9.17) is 4.74 Å². The Morgan fingerprint density at radius 3 is 2.78 bits per heavy atom. The molecule has 0 fully saturated rings. The molecule has 2 aliphatic rings. The zero-order valence-corrected chi connectivity index (χ0v) is 21.9. The third-order valence-electron chi connectivity index (χ3n) is 7.36. The van der Waals surface area contributed by atoms with Crippen LogP contribution in [-0.4, -0.2) is 75.8 Å². The van der Waals surface area contributed by atoms with E-state index < -0.39 is 5.97 Å². The molecule has 1 aliphatic carbocycles. The molecule has 1 aliphatic heterocycles. The molecular formula is C29H37N3O5. The van der Waals surface area contributed by atoms with Crippen LogP contribution in [0.4, 0.5) is 0 Å². The Bertz CT molecular complexity index is 1160. The number of likely N-dealkylation sites (N-methyl/N-ethyl adjacent to an activating group) is 1. The first-order chi connectivity index (χ1) is 17.8. The number of carboxylic acid groups (broad SMARTS) is 1. The molecule has 3 atom stereocenters. The second kappa shape index (κ2) is 11.9. The quantitative estimate of drug-likeness (QED) is 0.555. The van der Waals surface area contributed by atoms with Gasteiger partial charge in [-0.3, -0.25) is 9.69 Å². The van der Waals surface area contributed by atoms with Crippen molar-refractivity contribution in [1.82, 2.24) is 14.8 Å². The van der Waals surface area contributed by atoms with E-state index in [0.717, 1.165) is 30.4 Å². The number of aliphatic hydroxyl groups excluding tert-OH is 1. The van der Waals surface area contributed by atoms with Gasteiger partial charge in [-0.15, -0.1) is 0 Å². The fourth-order valence-corrected chi connectivity index (χ4v) is 5.13. The monoisotopic (exact) mass is 507 g/mol. The summed E-state index contributed by atoms with van der Waals surface area (Å²) in [5.41, 5.74) is 3.58. The van der Waals surface area contributed by atoms with Gasteiger partial charge in [-0.1, -0.05) is 31.2 Å². The molecule has 0 spiro atoms. The summed E-state index contributed by atoms with van der Waals surface area (Å²) < 4.78 is 6.41. The SMILES string of the molecule is C[C@H]1CN([C@@H](C)CO)C(=O)c2cc(C3=CCCCC3)cnc2O[C@@H]1CN(C)Cc1ccccc1C(=O)O. The number of carboxylic acids is 1. The van der Waals surface area contributed by atoms with Gasteiger partial charge in [0.2, 0.25) is 5.88 Å². The van der Waals surface area contributed by atoms with Crippen molar-refractivity contribution in [3.63, 3.8) is 0 Å². The van der Waals surface area contributed by atoms with Gasteiger partial charge in [0, 0.05) is 31.7 Å². The van der Waals surface area contributed by atoms with Gasteiger partial charge in [0.05, 0.1) is 18.2 Å². The van der Waals surface area contributed by atoms with Gasteiger partial charge < -0.3 is 19.8 Å². The number of benzene rings is 1. The fourth-order valence-electron chi connectivity index (χ4n) is 5.13. The highest BCUT2D eigenvalue weighted by molar-refractivity contribution is 5.97. The molecule has 0 bridgehead atoms. The predicted octanol–water partition coefficient (Wildman–Crippen LogP) is 4.09. The van der Waals surface area contributed by atoms with Crippen molar-refractivity contribution in [2.24, 2.45) is 5.92 Å². The molecule has 2 N–H and O–H groups in total. The van der Waals surface area contributed by atoms with Crippen LogP contribution >= 0.6 is 0 Å². The average molecular weight is 508 g/mol. The highest BCUT2D eigenvalue weighted by Crippen LogP contribution is 2.32. The van der Waals surface area contributed by atoms with Gasteiger partial charge >= 0.3 is 5.97 Å². The van der Waals surface area contributed by atoms with Gasteiger partial charge in [-0.25, -0.2) is 9.78 Å². The maximum Gasteiger partial charge on any atom is 0.336 e. The third kappa shape index (κ3) is 6.19. The van der Waals surface area contributed by atoms with Gasteiger partial charge in [0.15, 0.2) is 0 Å². The second-order valence-electron chi connectivity index (χ2n) is 10.3. The summed E-state index contributed by atoms with van der Waals surface area (Å²) in [5, 5.41) is 19.5. The number of hydrogen-bond donors (Lipinski definition) is 2. The summed E-state index contributed by atoms with van der Waals surface area (Å²) >= 11 is 0. The number of rotatable bonds is 8. The van der Waals surface area contributed by atoms with E-state index in [1.807, 2.05) is 44.0 Å². The number of allylic oxidation sites excluding steroid dienone is 2. The number of hydrogen-bond acceptors (Lipinski definition) is 6. The molecule has 8 heteroatoms. The Morgan fingerprint density at radius 1 is 1.30 bits per heavy atom. The van der Waals surface area contributed by atoms with Crippen molar-refractivity contribution in [3.8, 4) is 5.88 Å². The van der Waals surface area contributed by atoms with Gasteiger partial charge in [0.25, 0.3) is 5.91 Å². The number of carbonyl (C=O) groups is 2. The van der Waals surface area contributed by atoms with Crippen molar-refractivity contribution in [3.05, 3.63) is 64.9 Å². The molecular weight excluding hydrogens is 470 g/mol. The molecule has 4 rings (SSSR count). The number of aliphatic hydroxyl groups is 1. The van der Waals surface area contributed by atoms with Crippen molar-refractivity contribution in [2.45, 2.75) is 58.2 Å². The van der Waals surface area contributed by atoms with Crippen molar-refractivity contribution in [2.75, 3.05) is 26.7 Å². The summed E-state index contributed by atoms with van der Waals surface area (Å²) in [4.78, 5) is 33.7. The summed E-state index contributed by atoms with van der Waals surface area (Å²) in [7, 11) is 1.93. The normalized spacial score (nSPS) is 20.9. The number of aromatic nitrogens is 1. The second-order valence-corrected chi connectivity index (χ2v) is 10.3. The minimum atomic E-state index is -0.950. The van der Waals surface area contributed by atoms with E-state index in [0.29, 0.717) is 31.1 Å². The Balaban J connectivity index is 1.63. The van der Waals surface area contributed by atoms with Crippen LogP contribution in [0.1, 0.15) is 71.4 Å². The predicted molar refractivity (Wildman–Crippen MR) is 142 cm³/mol. The fraction of sp³-hybridized carbons (Fsp3) is 0.483. The first kappa shape index (κ1) is 26.8. The van der Waals surface area contributed by atoms with Gasteiger partial charge in [0.1, 0.15) is 11.7 Å². The Hall–Kier alpha value is -3.23. The summed E-state index contributed by atoms with van der Waals surface area (Å²) in [6.45, 7) is 5.12. The highest BCUT2D eigenvalue weighted by atomic mass is 16.5. The van der Waals surface area contributed by atoms with Crippen LogP contribution in [0, 0.1) is 5.92 Å². The van der Waals surface area contributed by atoms with E-state index in [1.54, 1.807) is 23.2 Å². The molecule has 8 nitrogen and oxygen atoms in total. The minimum Gasteiger partial charge on any atom is -0.478 e. The van der Waals surface area contributed by atoms with E-state index >= 15 is 0 Å². The third-order valence-corrected chi connectivity index (χ3v) is 7.36. The molecule has 198 valence electrons. The Kier molecular flexibility index (Phi) is 8.61. The lowest BCUT2D eigenvalue weighted by molar-refractivity contribution is 0.0325. The van der Waals surface area contributed by atoms with Crippen LogP contribution < -0.4 is 4.74 Å². The standard InChI is InChI=1S/C29H37N3O5/c1-19-15-32(20(2)18-33)28(34)25-13-23(21-9-5-4-6-10-21)14-30-27(25)37-26(19)17-31(3)16-22-11-7-8-12-24(22)29(35)36/h7-9,11-14,19-20,26,33H,4-6,10,15-18H2,1-3H3,(H,35,36)/t19-,20-,26+/m0/s1. The molecule has 2 heterocycles. The molecule has 0 unspecified atom stereocenters. The summed E-state index contributed by atoms with van der Waals surface area (Å²) in [5.74, 6) is -0.882. The van der Waals surface area contributed by atoms with E-state index in [9.17, 15) is 19.8 Å². The molecule has 2 aromatic rings. The maximum atomic E-state index is 13.7.